The first-order valence-electron chi connectivity index (χ1n) is 16.9. The van der Waals surface area contributed by atoms with Crippen LogP contribution in [-0.2, 0) is 0 Å². The van der Waals surface area contributed by atoms with Crippen LogP contribution in [0, 0.1) is 0 Å². The van der Waals surface area contributed by atoms with E-state index >= 15 is 0 Å². The number of benzene rings is 7. The van der Waals surface area contributed by atoms with Crippen LogP contribution in [0.4, 0.5) is 0 Å². The third kappa shape index (κ3) is 4.57. The van der Waals surface area contributed by atoms with Crippen molar-refractivity contribution in [1.82, 2.24) is 9.13 Å². The number of allylic oxidation sites excluding steroid dienone is 1. The average molecular weight is 627 g/mol. The minimum Gasteiger partial charge on any atom is -0.309 e. The van der Waals surface area contributed by atoms with Crippen molar-refractivity contribution in [2.75, 3.05) is 0 Å². The minimum atomic E-state index is 1.12. The topological polar surface area (TPSA) is 9.86 Å². The van der Waals surface area contributed by atoms with Crippen LogP contribution in [0.25, 0.3) is 89.3 Å². The lowest BCUT2D eigenvalue weighted by Gasteiger charge is -2.13. The number of hydrogen-bond donors (Lipinski definition) is 0. The lowest BCUT2D eigenvalue weighted by molar-refractivity contribution is 1.10. The van der Waals surface area contributed by atoms with Crippen LogP contribution in [0.3, 0.4) is 0 Å². The predicted molar refractivity (Wildman–Crippen MR) is 211 cm³/mol. The molecule has 0 N–H and O–H groups in total. The predicted octanol–water partition coefficient (Wildman–Crippen LogP) is 12.9. The summed E-state index contributed by atoms with van der Waals surface area (Å²) in [5.41, 5.74) is 12.9. The maximum absolute atomic E-state index is 4.37. The average Bonchev–Trinajstić information content (AvgIpc) is 3.67. The van der Waals surface area contributed by atoms with Crippen molar-refractivity contribution in [3.63, 3.8) is 0 Å². The zero-order chi connectivity index (χ0) is 32.9. The molecule has 0 atom stereocenters. The van der Waals surface area contributed by atoms with Crippen molar-refractivity contribution >= 4 is 55.6 Å². The molecule has 232 valence electrons. The lowest BCUT2D eigenvalue weighted by Crippen LogP contribution is -1.98. The van der Waals surface area contributed by atoms with Gasteiger partial charge in [0.05, 0.1) is 27.9 Å². The number of fused-ring (bicyclic) bond motifs is 6. The number of nitrogens with zero attached hydrogens (tertiary/aromatic N) is 2. The van der Waals surface area contributed by atoms with Gasteiger partial charge in [0.25, 0.3) is 0 Å². The van der Waals surface area contributed by atoms with E-state index in [1.165, 1.54) is 65.9 Å². The van der Waals surface area contributed by atoms with Crippen LogP contribution < -0.4 is 0 Å². The fourth-order valence-corrected chi connectivity index (χ4v) is 7.69. The molecule has 0 unspecified atom stereocenters. The Morgan fingerprint density at radius 3 is 1.90 bits per heavy atom. The van der Waals surface area contributed by atoms with Crippen LogP contribution in [0.15, 0.2) is 170 Å². The molecule has 9 aromatic rings. The van der Waals surface area contributed by atoms with E-state index in [0.717, 1.165) is 22.5 Å². The van der Waals surface area contributed by atoms with E-state index in [1.54, 1.807) is 0 Å². The van der Waals surface area contributed by atoms with Crippen LogP contribution in [0.2, 0.25) is 0 Å². The molecule has 0 aliphatic carbocycles. The number of para-hydroxylation sites is 1. The summed E-state index contributed by atoms with van der Waals surface area (Å²) in [6.45, 7) is 6.46. The molecule has 0 aliphatic heterocycles. The van der Waals surface area contributed by atoms with Crippen molar-refractivity contribution in [2.24, 2.45) is 0 Å². The molecule has 9 rings (SSSR count). The molecule has 2 nitrogen and oxygen atoms in total. The van der Waals surface area contributed by atoms with Crippen molar-refractivity contribution in [3.05, 3.63) is 182 Å². The molecule has 2 heteroatoms. The molecule has 0 bridgehead atoms. The van der Waals surface area contributed by atoms with E-state index in [9.17, 15) is 0 Å². The summed E-state index contributed by atoms with van der Waals surface area (Å²) in [7, 11) is 0. The monoisotopic (exact) mass is 626 g/mol. The highest BCUT2D eigenvalue weighted by molar-refractivity contribution is 6.24. The molecule has 49 heavy (non-hydrogen) atoms. The largest absolute Gasteiger partial charge is 0.309 e. The van der Waals surface area contributed by atoms with Crippen molar-refractivity contribution in [3.8, 4) is 33.6 Å². The van der Waals surface area contributed by atoms with Gasteiger partial charge < -0.3 is 9.13 Å². The van der Waals surface area contributed by atoms with Gasteiger partial charge in [-0.15, -0.1) is 0 Å². The maximum Gasteiger partial charge on any atom is 0.0549 e. The fraction of sp³-hybridized carbons (Fsp3) is 0.0213. The zero-order valence-corrected chi connectivity index (χ0v) is 27.3. The lowest BCUT2D eigenvalue weighted by atomic mass is 9.99. The van der Waals surface area contributed by atoms with Crippen molar-refractivity contribution < 1.29 is 0 Å². The quantitative estimate of drug-likeness (QED) is 0.174. The molecular formula is C47H34N2. The third-order valence-electron chi connectivity index (χ3n) is 9.79. The Morgan fingerprint density at radius 1 is 0.490 bits per heavy atom. The van der Waals surface area contributed by atoms with E-state index in [0.29, 0.717) is 0 Å². The van der Waals surface area contributed by atoms with Crippen LogP contribution in [0.1, 0.15) is 18.2 Å². The Bertz CT molecular complexity index is 2730. The molecule has 0 saturated heterocycles. The molecule has 0 radical (unpaired) electrons. The molecule has 0 spiro atoms. The molecule has 2 aromatic heterocycles. The van der Waals surface area contributed by atoms with Gasteiger partial charge in [-0.1, -0.05) is 134 Å². The Labute approximate surface area is 286 Å². The Morgan fingerprint density at radius 2 is 1.10 bits per heavy atom. The van der Waals surface area contributed by atoms with E-state index < -0.39 is 0 Å². The van der Waals surface area contributed by atoms with Crippen LogP contribution in [-0.4, -0.2) is 9.13 Å². The first kappa shape index (κ1) is 28.8. The smallest absolute Gasteiger partial charge is 0.0549 e. The van der Waals surface area contributed by atoms with Gasteiger partial charge in [0.2, 0.25) is 0 Å². The summed E-state index contributed by atoms with van der Waals surface area (Å²) in [5.74, 6) is 0. The Kier molecular flexibility index (Phi) is 6.88. The highest BCUT2D eigenvalue weighted by Gasteiger charge is 2.22. The van der Waals surface area contributed by atoms with Gasteiger partial charge in [-0.25, -0.2) is 0 Å². The van der Waals surface area contributed by atoms with E-state index in [-0.39, 0.29) is 0 Å². The highest BCUT2D eigenvalue weighted by Crippen LogP contribution is 2.43. The first-order chi connectivity index (χ1) is 24.2. The summed E-state index contributed by atoms with van der Waals surface area (Å²) in [5, 5.41) is 6.15. The van der Waals surface area contributed by atoms with Gasteiger partial charge in [-0.05, 0) is 83.1 Å². The zero-order valence-electron chi connectivity index (χ0n) is 27.3. The maximum atomic E-state index is 4.37. The SMILES string of the molecule is C=Cc1c(/C=C\C)n(-c2cccc(-c3cccc(-c4ccccc4)c3)c2)c2ccc3c(c4ccccc4n3-c3cccc4ccccc34)c12. The van der Waals surface area contributed by atoms with Crippen molar-refractivity contribution in [1.29, 1.82) is 0 Å². The van der Waals surface area contributed by atoms with Gasteiger partial charge in [0.1, 0.15) is 0 Å². The number of rotatable bonds is 6. The molecule has 0 aliphatic rings. The standard InChI is InChI=1S/C47H34N2/c1-3-15-41-38(4-2)46-44(48(41)37-23-13-22-36(31-37)35-21-12-20-34(30-35)32-16-6-5-7-17-32)28-29-45-47(46)40-25-10-11-26-43(40)49(45)42-27-14-19-33-18-8-9-24-39(33)42/h3-31H,2H2,1H3/b15-3-. The van der Waals surface area contributed by atoms with Gasteiger partial charge in [-0.3, -0.25) is 0 Å². The minimum absolute atomic E-state index is 1.12. The van der Waals surface area contributed by atoms with Crippen molar-refractivity contribution in [2.45, 2.75) is 6.92 Å². The molecule has 0 saturated carbocycles. The molecule has 7 aromatic carbocycles. The van der Waals surface area contributed by atoms with Gasteiger partial charge >= 0.3 is 0 Å². The van der Waals surface area contributed by atoms with Gasteiger partial charge in [0, 0.05) is 32.8 Å². The second-order valence-corrected chi connectivity index (χ2v) is 12.5. The van der Waals surface area contributed by atoms with E-state index in [2.05, 4.69) is 193 Å². The Hall–Kier alpha value is -6.38. The molecule has 0 amide bonds. The number of aromatic nitrogens is 2. The van der Waals surface area contributed by atoms with Gasteiger partial charge in [-0.2, -0.15) is 0 Å². The summed E-state index contributed by atoms with van der Waals surface area (Å²) in [4.78, 5) is 0. The normalized spacial score (nSPS) is 11.8. The van der Waals surface area contributed by atoms with Gasteiger partial charge in [0.15, 0.2) is 0 Å². The summed E-state index contributed by atoms with van der Waals surface area (Å²) in [6.07, 6.45) is 6.38. The highest BCUT2D eigenvalue weighted by atomic mass is 15.0. The summed E-state index contributed by atoms with van der Waals surface area (Å²) in [6, 6.07) is 56.9. The van der Waals surface area contributed by atoms with E-state index in [1.807, 2.05) is 6.08 Å². The molecule has 0 fully saturated rings. The number of hydrogen-bond acceptors (Lipinski definition) is 0. The second kappa shape index (κ2) is 11.7. The molecular weight excluding hydrogens is 593 g/mol. The van der Waals surface area contributed by atoms with E-state index in [4.69, 9.17) is 0 Å². The summed E-state index contributed by atoms with van der Waals surface area (Å²) >= 11 is 0. The first-order valence-corrected chi connectivity index (χ1v) is 16.9. The fourth-order valence-electron chi connectivity index (χ4n) is 7.69. The third-order valence-corrected chi connectivity index (χ3v) is 9.79. The summed E-state index contributed by atoms with van der Waals surface area (Å²) < 4.78 is 4.84. The Balaban J connectivity index is 1.32. The van der Waals surface area contributed by atoms with Crippen LogP contribution >= 0.6 is 0 Å². The second-order valence-electron chi connectivity index (χ2n) is 12.5. The van der Waals surface area contributed by atoms with Crippen LogP contribution in [0.5, 0.6) is 0 Å². The molecule has 2 heterocycles.